The van der Waals surface area contributed by atoms with Crippen LogP contribution >= 0.6 is 29.2 Å². The van der Waals surface area contributed by atoms with Crippen LogP contribution in [0.2, 0.25) is 0 Å². The van der Waals surface area contributed by atoms with Gasteiger partial charge in [-0.15, -0.1) is 17.0 Å². The minimum Gasteiger partial charge on any atom is -0.376 e. The Bertz CT molecular complexity index is 753. The number of rotatable bonds is 3. The molecule has 2 aromatic carbocycles. The highest BCUT2D eigenvalue weighted by Gasteiger charge is 2.04. The second kappa shape index (κ2) is 7.20. The summed E-state index contributed by atoms with van der Waals surface area (Å²) in [5.74, 6) is 0.546. The molecule has 0 spiro atoms. The van der Waals surface area contributed by atoms with Gasteiger partial charge in [0, 0.05) is 0 Å². The minimum atomic E-state index is 0. The largest absolute Gasteiger partial charge is 0.376 e. The molecule has 3 aromatic rings. The summed E-state index contributed by atoms with van der Waals surface area (Å²) in [6.07, 6.45) is 1.75. The number of halogens is 1. The number of nitrogens with one attached hydrogen (secondary N) is 2. The number of thiocarbonyl (C=S) groups is 1. The maximum absolute atomic E-state index is 5.42. The Hall–Kier alpha value is -2.18. The molecular formula is C16H15BrN4S. The number of nitrogens with two attached hydrogens (primary N) is 1. The molecule has 0 bridgehead atoms. The second-order valence-corrected chi connectivity index (χ2v) is 5.02. The van der Waals surface area contributed by atoms with Crippen molar-refractivity contribution in [2.45, 2.75) is 0 Å². The molecule has 3 rings (SSSR count). The van der Waals surface area contributed by atoms with E-state index in [1.54, 1.807) is 6.20 Å². The zero-order valence-corrected chi connectivity index (χ0v) is 14.1. The van der Waals surface area contributed by atoms with E-state index in [2.05, 4.69) is 51.7 Å². The molecule has 4 N–H and O–H groups in total. The van der Waals surface area contributed by atoms with E-state index in [1.807, 2.05) is 18.2 Å². The first-order valence-corrected chi connectivity index (χ1v) is 6.90. The van der Waals surface area contributed by atoms with Crippen molar-refractivity contribution < 1.29 is 0 Å². The van der Waals surface area contributed by atoms with Gasteiger partial charge in [-0.3, -0.25) is 0 Å². The van der Waals surface area contributed by atoms with Gasteiger partial charge < -0.3 is 16.0 Å². The number of anilines is 1. The zero-order valence-electron chi connectivity index (χ0n) is 11.6. The first kappa shape index (κ1) is 16.2. The van der Waals surface area contributed by atoms with Crippen LogP contribution in [0.1, 0.15) is 0 Å². The van der Waals surface area contributed by atoms with Crippen LogP contribution in [0.5, 0.6) is 0 Å². The fourth-order valence-corrected chi connectivity index (χ4v) is 2.22. The first-order valence-electron chi connectivity index (χ1n) is 6.50. The molecule has 0 amide bonds. The standard InChI is InChI=1S/C16H14N4S.BrH/c17-15(21)20-16-18-10-14(19-16)13-8-6-12(7-9-13)11-4-2-1-3-5-11;/h1-10H,(H4,17,18,19,20,21);1H. The molecule has 6 heteroatoms. The van der Waals surface area contributed by atoms with E-state index in [9.17, 15) is 0 Å². The molecule has 22 heavy (non-hydrogen) atoms. The lowest BCUT2D eigenvalue weighted by molar-refractivity contribution is 1.30. The van der Waals surface area contributed by atoms with Gasteiger partial charge in [-0.05, 0) is 28.9 Å². The molecule has 0 fully saturated rings. The normalized spacial score (nSPS) is 9.82. The number of aromatic nitrogens is 2. The lowest BCUT2D eigenvalue weighted by atomic mass is 10.0. The molecule has 0 aliphatic heterocycles. The predicted octanol–water partition coefficient (Wildman–Crippen LogP) is 3.98. The Morgan fingerprint density at radius 2 is 1.55 bits per heavy atom. The van der Waals surface area contributed by atoms with Crippen molar-refractivity contribution in [2.24, 2.45) is 5.73 Å². The highest BCUT2D eigenvalue weighted by atomic mass is 79.9. The van der Waals surface area contributed by atoms with Crippen LogP contribution in [0.4, 0.5) is 5.95 Å². The van der Waals surface area contributed by atoms with Gasteiger partial charge in [0.05, 0.1) is 11.9 Å². The van der Waals surface area contributed by atoms with Crippen LogP contribution < -0.4 is 11.1 Å². The van der Waals surface area contributed by atoms with Crippen LogP contribution in [0.15, 0.2) is 60.8 Å². The van der Waals surface area contributed by atoms with Gasteiger partial charge in [-0.1, -0.05) is 54.6 Å². The molecule has 1 aromatic heterocycles. The van der Waals surface area contributed by atoms with Gasteiger partial charge in [0.25, 0.3) is 0 Å². The van der Waals surface area contributed by atoms with Crippen LogP contribution in [0.25, 0.3) is 22.4 Å². The lowest BCUT2D eigenvalue weighted by Gasteiger charge is -2.03. The Kier molecular flexibility index (Phi) is 5.30. The number of aromatic amines is 1. The third-order valence-electron chi connectivity index (χ3n) is 3.12. The number of nitrogens with zero attached hydrogens (tertiary/aromatic N) is 1. The van der Waals surface area contributed by atoms with Crippen molar-refractivity contribution in [3.63, 3.8) is 0 Å². The third-order valence-corrected chi connectivity index (χ3v) is 3.22. The molecule has 0 aliphatic rings. The van der Waals surface area contributed by atoms with Crippen molar-refractivity contribution >= 4 is 40.3 Å². The number of hydrogen-bond acceptors (Lipinski definition) is 2. The lowest BCUT2D eigenvalue weighted by Crippen LogP contribution is -2.19. The highest BCUT2D eigenvalue weighted by Crippen LogP contribution is 2.24. The van der Waals surface area contributed by atoms with E-state index in [-0.39, 0.29) is 22.1 Å². The Balaban J connectivity index is 0.00000176. The molecule has 0 radical (unpaired) electrons. The van der Waals surface area contributed by atoms with Gasteiger partial charge in [0.2, 0.25) is 5.95 Å². The summed E-state index contributed by atoms with van der Waals surface area (Å²) in [6, 6.07) is 18.6. The fourth-order valence-electron chi connectivity index (χ4n) is 2.12. The average molecular weight is 375 g/mol. The predicted molar refractivity (Wildman–Crippen MR) is 100 cm³/mol. The summed E-state index contributed by atoms with van der Waals surface area (Å²) in [5, 5.41) is 2.96. The molecule has 1 heterocycles. The summed E-state index contributed by atoms with van der Waals surface area (Å²) < 4.78 is 0. The fraction of sp³-hybridized carbons (Fsp3) is 0. The number of imidazole rings is 1. The minimum absolute atomic E-state index is 0. The van der Waals surface area contributed by atoms with Gasteiger partial charge in [-0.25, -0.2) is 4.98 Å². The molecule has 0 atom stereocenters. The van der Waals surface area contributed by atoms with Crippen molar-refractivity contribution in [1.29, 1.82) is 0 Å². The van der Waals surface area contributed by atoms with E-state index >= 15 is 0 Å². The molecule has 0 saturated carbocycles. The van der Waals surface area contributed by atoms with E-state index in [4.69, 9.17) is 18.0 Å². The number of H-pyrrole nitrogens is 1. The monoisotopic (exact) mass is 374 g/mol. The number of benzene rings is 2. The summed E-state index contributed by atoms with van der Waals surface area (Å²) >= 11 is 4.78. The molecule has 0 aliphatic carbocycles. The summed E-state index contributed by atoms with van der Waals surface area (Å²) in [6.45, 7) is 0. The van der Waals surface area contributed by atoms with Crippen LogP contribution in [0, 0.1) is 0 Å². The molecule has 0 saturated heterocycles. The Labute approximate surface area is 144 Å². The topological polar surface area (TPSA) is 66.7 Å². The van der Waals surface area contributed by atoms with E-state index in [0.29, 0.717) is 5.95 Å². The van der Waals surface area contributed by atoms with Gasteiger partial charge in [0.1, 0.15) is 0 Å². The molecule has 112 valence electrons. The van der Waals surface area contributed by atoms with Gasteiger partial charge in [0.15, 0.2) is 5.11 Å². The molecular weight excluding hydrogens is 360 g/mol. The summed E-state index contributed by atoms with van der Waals surface area (Å²) in [7, 11) is 0. The van der Waals surface area contributed by atoms with Gasteiger partial charge in [-0.2, -0.15) is 0 Å². The van der Waals surface area contributed by atoms with Crippen molar-refractivity contribution in [2.75, 3.05) is 5.32 Å². The zero-order chi connectivity index (χ0) is 14.7. The third kappa shape index (κ3) is 3.72. The van der Waals surface area contributed by atoms with E-state index < -0.39 is 0 Å². The first-order chi connectivity index (χ1) is 10.2. The van der Waals surface area contributed by atoms with Crippen molar-refractivity contribution in [1.82, 2.24) is 9.97 Å². The average Bonchev–Trinajstić information content (AvgIpc) is 2.96. The highest BCUT2D eigenvalue weighted by molar-refractivity contribution is 8.93. The van der Waals surface area contributed by atoms with Crippen LogP contribution in [-0.2, 0) is 0 Å². The Morgan fingerprint density at radius 3 is 2.18 bits per heavy atom. The second-order valence-electron chi connectivity index (χ2n) is 4.58. The number of hydrogen-bond donors (Lipinski definition) is 3. The smallest absolute Gasteiger partial charge is 0.206 e. The van der Waals surface area contributed by atoms with Crippen LogP contribution in [0.3, 0.4) is 0 Å². The van der Waals surface area contributed by atoms with Crippen molar-refractivity contribution in [3.8, 4) is 22.4 Å². The van der Waals surface area contributed by atoms with Gasteiger partial charge >= 0.3 is 0 Å². The summed E-state index contributed by atoms with van der Waals surface area (Å²) in [4.78, 5) is 7.31. The van der Waals surface area contributed by atoms with Crippen molar-refractivity contribution in [3.05, 3.63) is 60.8 Å². The molecule has 4 nitrogen and oxygen atoms in total. The molecule has 0 unspecified atom stereocenters. The maximum atomic E-state index is 5.42. The summed E-state index contributed by atoms with van der Waals surface area (Å²) in [5.41, 5.74) is 9.76. The van der Waals surface area contributed by atoms with E-state index in [0.717, 1.165) is 11.3 Å². The SMILES string of the molecule is Br.NC(=S)Nc1ncc(-c2ccc(-c3ccccc3)cc2)[nH]1. The maximum Gasteiger partial charge on any atom is 0.206 e. The Morgan fingerprint density at radius 1 is 0.955 bits per heavy atom. The van der Waals surface area contributed by atoms with E-state index in [1.165, 1.54) is 11.1 Å². The van der Waals surface area contributed by atoms with Crippen LogP contribution in [-0.4, -0.2) is 15.1 Å². The quantitative estimate of drug-likeness (QED) is 0.606.